The molecule has 0 amide bonds. The maximum absolute atomic E-state index is 4.63. The largest absolute Gasteiger partial charge is 0.316 e. The highest BCUT2D eigenvalue weighted by Crippen LogP contribution is 2.24. The molecule has 1 atom stereocenters. The fraction of sp³-hybridized carbons (Fsp3) is 0.700. The SMILES string of the molecule is CCc1nc(C2CCCNC2)cs1. The first-order chi connectivity index (χ1) is 6.40. The lowest BCUT2D eigenvalue weighted by Gasteiger charge is -2.20. The first kappa shape index (κ1) is 9.16. The molecule has 1 aliphatic heterocycles. The average Bonchev–Trinajstić information content (AvgIpc) is 2.67. The lowest BCUT2D eigenvalue weighted by Crippen LogP contribution is -2.28. The van der Waals surface area contributed by atoms with Gasteiger partial charge < -0.3 is 5.32 Å². The lowest BCUT2D eigenvalue weighted by molar-refractivity contribution is 0.455. The second-order valence-corrected chi connectivity index (χ2v) is 4.51. The molecule has 0 spiro atoms. The lowest BCUT2D eigenvalue weighted by atomic mass is 9.97. The average molecular weight is 196 g/mol. The molecule has 0 bridgehead atoms. The Hall–Kier alpha value is -0.410. The van der Waals surface area contributed by atoms with E-state index in [2.05, 4.69) is 22.6 Å². The molecular weight excluding hydrogens is 180 g/mol. The van der Waals surface area contributed by atoms with Gasteiger partial charge in [-0.15, -0.1) is 11.3 Å². The second kappa shape index (κ2) is 4.20. The van der Waals surface area contributed by atoms with Crippen LogP contribution in [0.3, 0.4) is 0 Å². The van der Waals surface area contributed by atoms with Gasteiger partial charge in [0.2, 0.25) is 0 Å². The normalized spacial score (nSPS) is 23.3. The number of aryl methyl sites for hydroxylation is 1. The monoisotopic (exact) mass is 196 g/mol. The highest BCUT2D eigenvalue weighted by atomic mass is 32.1. The fourth-order valence-corrected chi connectivity index (χ4v) is 2.61. The number of aromatic nitrogens is 1. The minimum Gasteiger partial charge on any atom is -0.316 e. The first-order valence-corrected chi connectivity index (χ1v) is 5.93. The van der Waals surface area contributed by atoms with Crippen LogP contribution in [0.25, 0.3) is 0 Å². The van der Waals surface area contributed by atoms with Crippen molar-refractivity contribution in [3.05, 3.63) is 16.1 Å². The molecule has 3 heteroatoms. The summed E-state index contributed by atoms with van der Waals surface area (Å²) in [6.07, 6.45) is 3.67. The molecule has 0 aliphatic carbocycles. The number of hydrogen-bond acceptors (Lipinski definition) is 3. The van der Waals surface area contributed by atoms with Gasteiger partial charge in [0.15, 0.2) is 0 Å². The summed E-state index contributed by atoms with van der Waals surface area (Å²) in [5, 5.41) is 6.94. The zero-order valence-electron chi connectivity index (χ0n) is 8.05. The van der Waals surface area contributed by atoms with Gasteiger partial charge in [0.25, 0.3) is 0 Å². The Kier molecular flexibility index (Phi) is 2.96. The molecule has 72 valence electrons. The van der Waals surface area contributed by atoms with Crippen LogP contribution in [0, 0.1) is 0 Å². The highest BCUT2D eigenvalue weighted by Gasteiger charge is 2.17. The maximum Gasteiger partial charge on any atom is 0.0925 e. The third-order valence-corrected chi connectivity index (χ3v) is 3.60. The molecule has 1 N–H and O–H groups in total. The number of nitrogens with one attached hydrogen (secondary N) is 1. The Balaban J connectivity index is 2.05. The maximum atomic E-state index is 4.63. The predicted molar refractivity (Wildman–Crippen MR) is 56.3 cm³/mol. The van der Waals surface area contributed by atoms with E-state index in [1.807, 2.05) is 0 Å². The molecule has 2 rings (SSSR count). The van der Waals surface area contributed by atoms with Crippen LogP contribution in [-0.2, 0) is 6.42 Å². The van der Waals surface area contributed by atoms with Crippen molar-refractivity contribution in [1.82, 2.24) is 10.3 Å². The van der Waals surface area contributed by atoms with Crippen molar-refractivity contribution in [3.63, 3.8) is 0 Å². The van der Waals surface area contributed by atoms with Crippen LogP contribution in [0.15, 0.2) is 5.38 Å². The number of nitrogens with zero attached hydrogens (tertiary/aromatic N) is 1. The fourth-order valence-electron chi connectivity index (χ4n) is 1.78. The quantitative estimate of drug-likeness (QED) is 0.784. The zero-order chi connectivity index (χ0) is 9.10. The van der Waals surface area contributed by atoms with Crippen molar-refractivity contribution >= 4 is 11.3 Å². The Morgan fingerprint density at radius 1 is 1.69 bits per heavy atom. The molecule has 1 unspecified atom stereocenters. The van der Waals surface area contributed by atoms with Gasteiger partial charge >= 0.3 is 0 Å². The molecule has 1 fully saturated rings. The van der Waals surface area contributed by atoms with Gasteiger partial charge in [-0.05, 0) is 25.8 Å². The standard InChI is InChI=1S/C10H16N2S/c1-2-10-12-9(7-13-10)8-4-3-5-11-6-8/h7-8,11H,2-6H2,1H3. The Morgan fingerprint density at radius 2 is 2.62 bits per heavy atom. The van der Waals surface area contributed by atoms with Crippen LogP contribution in [0.4, 0.5) is 0 Å². The molecule has 0 radical (unpaired) electrons. The molecule has 0 saturated carbocycles. The molecular formula is C10H16N2S. The van der Waals surface area contributed by atoms with E-state index in [-0.39, 0.29) is 0 Å². The predicted octanol–water partition coefficient (Wildman–Crippen LogP) is 2.17. The van der Waals surface area contributed by atoms with Gasteiger partial charge in [-0.3, -0.25) is 0 Å². The minimum absolute atomic E-state index is 0.672. The van der Waals surface area contributed by atoms with E-state index in [0.717, 1.165) is 13.0 Å². The van der Waals surface area contributed by atoms with Crippen molar-refractivity contribution in [2.75, 3.05) is 13.1 Å². The zero-order valence-corrected chi connectivity index (χ0v) is 8.86. The van der Waals surface area contributed by atoms with Crippen LogP contribution in [0.2, 0.25) is 0 Å². The van der Waals surface area contributed by atoms with Gasteiger partial charge in [0, 0.05) is 17.8 Å². The van der Waals surface area contributed by atoms with Gasteiger partial charge in [0.05, 0.1) is 10.7 Å². The van der Waals surface area contributed by atoms with Gasteiger partial charge in [-0.25, -0.2) is 4.98 Å². The molecule has 1 saturated heterocycles. The van der Waals surface area contributed by atoms with E-state index < -0.39 is 0 Å². The number of piperidine rings is 1. The van der Waals surface area contributed by atoms with Crippen molar-refractivity contribution in [1.29, 1.82) is 0 Å². The summed E-state index contributed by atoms with van der Waals surface area (Å²) in [6.45, 7) is 4.47. The summed E-state index contributed by atoms with van der Waals surface area (Å²) in [5.74, 6) is 0.672. The van der Waals surface area contributed by atoms with E-state index in [4.69, 9.17) is 0 Å². The summed E-state index contributed by atoms with van der Waals surface area (Å²) in [4.78, 5) is 4.63. The molecule has 2 heterocycles. The van der Waals surface area contributed by atoms with Crippen LogP contribution in [-0.4, -0.2) is 18.1 Å². The van der Waals surface area contributed by atoms with E-state index in [1.165, 1.54) is 30.1 Å². The summed E-state index contributed by atoms with van der Waals surface area (Å²) in [7, 11) is 0. The number of thiazole rings is 1. The van der Waals surface area contributed by atoms with Crippen molar-refractivity contribution in [2.24, 2.45) is 0 Å². The Labute approximate surface area is 83.4 Å². The summed E-state index contributed by atoms with van der Waals surface area (Å²) in [6, 6.07) is 0. The summed E-state index contributed by atoms with van der Waals surface area (Å²) >= 11 is 1.80. The van der Waals surface area contributed by atoms with Crippen molar-refractivity contribution in [2.45, 2.75) is 32.1 Å². The smallest absolute Gasteiger partial charge is 0.0925 e. The van der Waals surface area contributed by atoms with Crippen LogP contribution in [0.5, 0.6) is 0 Å². The Morgan fingerprint density at radius 3 is 3.23 bits per heavy atom. The van der Waals surface area contributed by atoms with Crippen LogP contribution in [0.1, 0.15) is 36.4 Å². The van der Waals surface area contributed by atoms with E-state index in [0.29, 0.717) is 5.92 Å². The molecule has 1 aliphatic rings. The van der Waals surface area contributed by atoms with Gasteiger partial charge in [0.1, 0.15) is 0 Å². The van der Waals surface area contributed by atoms with Gasteiger partial charge in [-0.1, -0.05) is 6.92 Å². The van der Waals surface area contributed by atoms with E-state index in [9.17, 15) is 0 Å². The summed E-state index contributed by atoms with van der Waals surface area (Å²) < 4.78 is 0. The molecule has 2 nitrogen and oxygen atoms in total. The number of hydrogen-bond donors (Lipinski definition) is 1. The molecule has 1 aromatic rings. The van der Waals surface area contributed by atoms with E-state index in [1.54, 1.807) is 11.3 Å². The third kappa shape index (κ3) is 2.09. The molecule has 13 heavy (non-hydrogen) atoms. The third-order valence-electron chi connectivity index (χ3n) is 2.59. The minimum atomic E-state index is 0.672. The van der Waals surface area contributed by atoms with E-state index >= 15 is 0 Å². The van der Waals surface area contributed by atoms with Crippen molar-refractivity contribution < 1.29 is 0 Å². The van der Waals surface area contributed by atoms with Crippen molar-refractivity contribution in [3.8, 4) is 0 Å². The van der Waals surface area contributed by atoms with Crippen LogP contribution >= 0.6 is 11.3 Å². The van der Waals surface area contributed by atoms with Crippen LogP contribution < -0.4 is 5.32 Å². The topological polar surface area (TPSA) is 24.9 Å². The summed E-state index contributed by atoms with van der Waals surface area (Å²) in [5.41, 5.74) is 1.31. The van der Waals surface area contributed by atoms with Gasteiger partial charge in [-0.2, -0.15) is 0 Å². The highest BCUT2D eigenvalue weighted by molar-refractivity contribution is 7.09. The second-order valence-electron chi connectivity index (χ2n) is 3.56. The first-order valence-electron chi connectivity index (χ1n) is 5.05. The number of rotatable bonds is 2. The molecule has 1 aromatic heterocycles. The molecule has 0 aromatic carbocycles. The Bertz CT molecular complexity index is 264.